The number of esters is 2. The van der Waals surface area contributed by atoms with Crippen LogP contribution in [-0.2, 0) is 37.5 Å². The molecular weight excluding hydrogens is 685 g/mol. The Kier molecular flexibility index (Phi) is 35.0. The maximum atomic E-state index is 12.5. The highest BCUT2D eigenvalue weighted by atomic mass is 31.2. The zero-order chi connectivity index (χ0) is 38.5. The standard InChI is InChI=1S/C40H76NO10P/c1-3-5-7-9-11-13-14-15-16-17-18-19-20-21-22-24-25-27-29-31-38(42)48-33-36(34-49-52(46,47)50-35-37(41)40(44)45)51-39(43)32-30-28-26-23-12-10-8-6-4-2/h15-16,36-37H,3-14,17-35,41H2,1-2H3,(H,44,45)(H,46,47)/b16-15+/t36-,37+/m0/s1. The highest BCUT2D eigenvalue weighted by Crippen LogP contribution is 2.43. The Labute approximate surface area is 316 Å². The number of allylic oxidation sites excluding steroid dienone is 2. The molecule has 306 valence electrons. The number of phosphoric ester groups is 1. The minimum Gasteiger partial charge on any atom is -0.480 e. The molecule has 0 amide bonds. The van der Waals surface area contributed by atoms with E-state index in [-0.39, 0.29) is 19.4 Å². The van der Waals surface area contributed by atoms with Gasteiger partial charge in [-0.15, -0.1) is 0 Å². The second-order valence-electron chi connectivity index (χ2n) is 14.1. The summed E-state index contributed by atoms with van der Waals surface area (Å²) < 4.78 is 32.6. The number of aliphatic carboxylic acids is 1. The molecule has 12 heteroatoms. The van der Waals surface area contributed by atoms with Gasteiger partial charge in [0.25, 0.3) is 0 Å². The number of unbranched alkanes of at least 4 members (excludes halogenated alkanes) is 23. The third-order valence-corrected chi connectivity index (χ3v) is 9.96. The molecule has 0 aromatic heterocycles. The van der Waals surface area contributed by atoms with Crippen LogP contribution < -0.4 is 5.73 Å². The zero-order valence-corrected chi connectivity index (χ0v) is 33.8. The fourth-order valence-electron chi connectivity index (χ4n) is 5.71. The third kappa shape index (κ3) is 35.3. The molecule has 0 spiro atoms. The van der Waals surface area contributed by atoms with Crippen LogP contribution in [0.5, 0.6) is 0 Å². The summed E-state index contributed by atoms with van der Waals surface area (Å²) in [5.41, 5.74) is 5.32. The van der Waals surface area contributed by atoms with Gasteiger partial charge >= 0.3 is 25.7 Å². The fourth-order valence-corrected chi connectivity index (χ4v) is 6.48. The van der Waals surface area contributed by atoms with Gasteiger partial charge in [-0.25, -0.2) is 4.57 Å². The zero-order valence-electron chi connectivity index (χ0n) is 32.9. The number of hydrogen-bond donors (Lipinski definition) is 3. The lowest BCUT2D eigenvalue weighted by Gasteiger charge is -2.20. The van der Waals surface area contributed by atoms with Gasteiger partial charge in [0.1, 0.15) is 12.6 Å². The number of hydrogen-bond acceptors (Lipinski definition) is 9. The van der Waals surface area contributed by atoms with E-state index in [1.54, 1.807) is 0 Å². The number of phosphoric acid groups is 1. The molecule has 0 aromatic carbocycles. The van der Waals surface area contributed by atoms with Gasteiger partial charge in [-0.1, -0.05) is 154 Å². The van der Waals surface area contributed by atoms with Crippen molar-refractivity contribution in [1.29, 1.82) is 0 Å². The van der Waals surface area contributed by atoms with Gasteiger partial charge in [0, 0.05) is 12.8 Å². The molecule has 3 atom stereocenters. The summed E-state index contributed by atoms with van der Waals surface area (Å²) in [5.74, 6) is -2.38. The maximum absolute atomic E-state index is 12.5. The molecular formula is C40H76NO10P. The molecule has 0 radical (unpaired) electrons. The predicted octanol–water partition coefficient (Wildman–Crippen LogP) is 10.5. The monoisotopic (exact) mass is 762 g/mol. The molecule has 0 saturated heterocycles. The smallest absolute Gasteiger partial charge is 0.472 e. The van der Waals surface area contributed by atoms with E-state index in [0.29, 0.717) is 12.8 Å². The molecule has 0 aliphatic heterocycles. The Hall–Kier alpha value is -1.78. The van der Waals surface area contributed by atoms with Crippen LogP contribution in [0.15, 0.2) is 12.2 Å². The van der Waals surface area contributed by atoms with E-state index in [4.69, 9.17) is 24.8 Å². The number of ether oxygens (including phenoxy) is 2. The summed E-state index contributed by atoms with van der Waals surface area (Å²) in [5, 5.41) is 8.86. The molecule has 0 aliphatic rings. The average molecular weight is 762 g/mol. The van der Waals surface area contributed by atoms with Crippen molar-refractivity contribution in [1.82, 2.24) is 0 Å². The van der Waals surface area contributed by atoms with Crippen LogP contribution in [0, 0.1) is 0 Å². The third-order valence-electron chi connectivity index (χ3n) is 9.01. The Bertz CT molecular complexity index is 947. The first kappa shape index (κ1) is 50.2. The first-order valence-electron chi connectivity index (χ1n) is 20.7. The number of nitrogens with two attached hydrogens (primary N) is 1. The van der Waals surface area contributed by atoms with E-state index in [2.05, 4.69) is 30.5 Å². The summed E-state index contributed by atoms with van der Waals surface area (Å²) in [4.78, 5) is 45.7. The Morgan fingerprint density at radius 1 is 0.577 bits per heavy atom. The van der Waals surface area contributed by atoms with Crippen LogP contribution in [0.1, 0.15) is 194 Å². The lowest BCUT2D eigenvalue weighted by atomic mass is 10.1. The van der Waals surface area contributed by atoms with Gasteiger partial charge in [0.2, 0.25) is 0 Å². The molecule has 0 aliphatic carbocycles. The Morgan fingerprint density at radius 3 is 1.40 bits per heavy atom. The lowest BCUT2D eigenvalue weighted by molar-refractivity contribution is -0.161. The molecule has 4 N–H and O–H groups in total. The van der Waals surface area contributed by atoms with E-state index in [0.717, 1.165) is 38.5 Å². The highest BCUT2D eigenvalue weighted by Gasteiger charge is 2.28. The number of carboxylic acids is 1. The summed E-state index contributed by atoms with van der Waals surface area (Å²) in [7, 11) is -4.70. The van der Waals surface area contributed by atoms with Crippen LogP contribution in [0.3, 0.4) is 0 Å². The van der Waals surface area contributed by atoms with Crippen molar-refractivity contribution in [3.63, 3.8) is 0 Å². The second-order valence-corrected chi connectivity index (χ2v) is 15.6. The van der Waals surface area contributed by atoms with E-state index in [9.17, 15) is 23.8 Å². The summed E-state index contributed by atoms with van der Waals surface area (Å²) in [6.07, 6.45) is 34.3. The number of rotatable bonds is 39. The van der Waals surface area contributed by atoms with Crippen molar-refractivity contribution in [2.45, 2.75) is 206 Å². The lowest BCUT2D eigenvalue weighted by Crippen LogP contribution is -2.34. The summed E-state index contributed by atoms with van der Waals surface area (Å²) >= 11 is 0. The van der Waals surface area contributed by atoms with Crippen LogP contribution in [0.25, 0.3) is 0 Å². The number of carbonyl (C=O) groups excluding carboxylic acids is 2. The SMILES string of the molecule is CCCCCCCC/C=C/CCCCCCCCCCCC(=O)OC[C@@H](COP(=O)(O)OC[C@@H](N)C(=O)O)OC(=O)CCCCCCCCCCC. The van der Waals surface area contributed by atoms with Crippen LogP contribution in [0.4, 0.5) is 0 Å². The van der Waals surface area contributed by atoms with Gasteiger partial charge in [0.15, 0.2) is 6.10 Å². The second kappa shape index (κ2) is 36.2. The Morgan fingerprint density at radius 2 is 0.962 bits per heavy atom. The van der Waals surface area contributed by atoms with E-state index in [1.807, 2.05) is 0 Å². The molecule has 0 bridgehead atoms. The molecule has 0 rings (SSSR count). The minimum absolute atomic E-state index is 0.164. The van der Waals surface area contributed by atoms with Crippen LogP contribution >= 0.6 is 7.82 Å². The highest BCUT2D eigenvalue weighted by molar-refractivity contribution is 7.47. The molecule has 0 heterocycles. The van der Waals surface area contributed by atoms with E-state index >= 15 is 0 Å². The van der Waals surface area contributed by atoms with Crippen LogP contribution in [0.2, 0.25) is 0 Å². The van der Waals surface area contributed by atoms with Crippen molar-refractivity contribution in [2.24, 2.45) is 5.73 Å². The fraction of sp³-hybridized carbons (Fsp3) is 0.875. The van der Waals surface area contributed by atoms with Crippen molar-refractivity contribution >= 4 is 25.7 Å². The van der Waals surface area contributed by atoms with Gasteiger partial charge in [-0.3, -0.25) is 23.4 Å². The Balaban J connectivity index is 4.26. The van der Waals surface area contributed by atoms with Crippen molar-refractivity contribution < 1.29 is 47.5 Å². The molecule has 52 heavy (non-hydrogen) atoms. The predicted molar refractivity (Wildman–Crippen MR) is 208 cm³/mol. The van der Waals surface area contributed by atoms with Crippen molar-refractivity contribution in [3.05, 3.63) is 12.2 Å². The first-order chi connectivity index (χ1) is 25.1. The average Bonchev–Trinajstić information content (AvgIpc) is 3.12. The maximum Gasteiger partial charge on any atom is 0.472 e. The number of carbonyl (C=O) groups is 3. The molecule has 0 fully saturated rings. The van der Waals surface area contributed by atoms with Crippen LogP contribution in [-0.4, -0.2) is 59.9 Å². The minimum atomic E-state index is -4.70. The molecule has 0 saturated carbocycles. The largest absolute Gasteiger partial charge is 0.480 e. The van der Waals surface area contributed by atoms with Gasteiger partial charge in [0.05, 0.1) is 13.2 Å². The molecule has 11 nitrogen and oxygen atoms in total. The van der Waals surface area contributed by atoms with Gasteiger partial charge in [-0.05, 0) is 38.5 Å². The summed E-state index contributed by atoms with van der Waals surface area (Å²) in [6, 6.07) is -1.52. The molecule has 1 unspecified atom stereocenters. The van der Waals surface area contributed by atoms with Crippen molar-refractivity contribution in [3.8, 4) is 0 Å². The first-order valence-corrected chi connectivity index (χ1v) is 22.2. The van der Waals surface area contributed by atoms with Gasteiger partial charge < -0.3 is 25.2 Å². The molecule has 0 aromatic rings. The van der Waals surface area contributed by atoms with Gasteiger partial charge in [-0.2, -0.15) is 0 Å². The summed E-state index contributed by atoms with van der Waals surface area (Å²) in [6.45, 7) is 2.77. The normalized spacial score (nSPS) is 13.9. The van der Waals surface area contributed by atoms with E-state index < -0.39 is 51.1 Å². The van der Waals surface area contributed by atoms with E-state index in [1.165, 1.54) is 116 Å². The van der Waals surface area contributed by atoms with Crippen molar-refractivity contribution in [2.75, 3.05) is 19.8 Å². The number of carboxylic acid groups (broad SMARTS) is 1. The quantitative estimate of drug-likeness (QED) is 0.0235. The topological polar surface area (TPSA) is 172 Å².